The van der Waals surface area contributed by atoms with Gasteiger partial charge in [-0.25, -0.2) is 13.1 Å². The molecule has 1 N–H and O–H groups in total. The molecule has 0 spiro atoms. The van der Waals surface area contributed by atoms with E-state index in [-0.39, 0.29) is 4.90 Å². The first-order valence-electron chi connectivity index (χ1n) is 8.03. The molecule has 0 aliphatic heterocycles. The van der Waals surface area contributed by atoms with Crippen molar-refractivity contribution in [2.45, 2.75) is 11.8 Å². The third kappa shape index (κ3) is 2.93. The van der Waals surface area contributed by atoms with Crippen LogP contribution in [0, 0.1) is 6.92 Å². The lowest BCUT2D eigenvalue weighted by molar-refractivity contribution is 0.601. The minimum Gasteiger partial charge on any atom is -0.263 e. The van der Waals surface area contributed by atoms with Gasteiger partial charge in [0.15, 0.2) is 0 Å². The zero-order chi connectivity index (χ0) is 18.1. The van der Waals surface area contributed by atoms with Crippen molar-refractivity contribution in [3.8, 4) is 5.69 Å². The van der Waals surface area contributed by atoms with Crippen LogP contribution in [0.3, 0.4) is 0 Å². The van der Waals surface area contributed by atoms with E-state index in [4.69, 9.17) is 0 Å². The van der Waals surface area contributed by atoms with E-state index in [1.807, 2.05) is 49.4 Å². The SMILES string of the molecule is Cc1cc(NS(=O)(=O)c2cccc3cccnc23)n(-c2ccccc2)n1. The van der Waals surface area contributed by atoms with Gasteiger partial charge in [-0.05, 0) is 31.2 Å². The molecule has 0 radical (unpaired) electrons. The van der Waals surface area contributed by atoms with Crippen molar-refractivity contribution in [2.24, 2.45) is 0 Å². The molecule has 0 atom stereocenters. The van der Waals surface area contributed by atoms with E-state index in [1.54, 1.807) is 35.1 Å². The Bertz CT molecular complexity index is 1180. The van der Waals surface area contributed by atoms with E-state index >= 15 is 0 Å². The maximum absolute atomic E-state index is 13.0. The first-order valence-corrected chi connectivity index (χ1v) is 9.51. The Balaban J connectivity index is 1.80. The van der Waals surface area contributed by atoms with Gasteiger partial charge in [0.2, 0.25) is 0 Å². The van der Waals surface area contributed by atoms with Crippen molar-refractivity contribution in [3.63, 3.8) is 0 Å². The van der Waals surface area contributed by atoms with Gasteiger partial charge in [0.25, 0.3) is 10.0 Å². The lowest BCUT2D eigenvalue weighted by Gasteiger charge is -2.11. The third-order valence-electron chi connectivity index (χ3n) is 3.96. The number of nitrogens with zero attached hydrogens (tertiary/aromatic N) is 3. The van der Waals surface area contributed by atoms with E-state index in [9.17, 15) is 8.42 Å². The van der Waals surface area contributed by atoms with Crippen molar-refractivity contribution in [1.82, 2.24) is 14.8 Å². The molecule has 0 saturated carbocycles. The van der Waals surface area contributed by atoms with Crippen molar-refractivity contribution < 1.29 is 8.42 Å². The van der Waals surface area contributed by atoms with E-state index in [0.717, 1.165) is 11.1 Å². The Morgan fingerprint density at radius 2 is 1.73 bits per heavy atom. The van der Waals surface area contributed by atoms with Gasteiger partial charge in [-0.1, -0.05) is 36.4 Å². The summed E-state index contributed by atoms with van der Waals surface area (Å²) < 4.78 is 30.3. The molecule has 130 valence electrons. The maximum atomic E-state index is 13.0. The lowest BCUT2D eigenvalue weighted by Crippen LogP contribution is -2.16. The van der Waals surface area contributed by atoms with Gasteiger partial charge < -0.3 is 0 Å². The van der Waals surface area contributed by atoms with Gasteiger partial charge in [-0.2, -0.15) is 5.10 Å². The predicted molar refractivity (Wildman–Crippen MR) is 101 cm³/mol. The molecule has 0 bridgehead atoms. The summed E-state index contributed by atoms with van der Waals surface area (Å²) in [7, 11) is -3.83. The summed E-state index contributed by atoms with van der Waals surface area (Å²) in [5.74, 6) is 0.377. The van der Waals surface area contributed by atoms with Crippen LogP contribution in [0.5, 0.6) is 0 Å². The highest BCUT2D eigenvalue weighted by Crippen LogP contribution is 2.25. The minimum atomic E-state index is -3.83. The molecule has 0 unspecified atom stereocenters. The van der Waals surface area contributed by atoms with Crippen LogP contribution in [0.15, 0.2) is 77.8 Å². The molecule has 7 heteroatoms. The average molecular weight is 364 g/mol. The number of pyridine rings is 1. The van der Waals surface area contributed by atoms with E-state index in [1.165, 1.54) is 0 Å². The number of fused-ring (bicyclic) bond motifs is 1. The van der Waals surface area contributed by atoms with Gasteiger partial charge >= 0.3 is 0 Å². The molecule has 0 aliphatic rings. The first kappa shape index (κ1) is 16.3. The second kappa shape index (κ2) is 6.27. The van der Waals surface area contributed by atoms with E-state index in [2.05, 4.69) is 14.8 Å². The molecule has 26 heavy (non-hydrogen) atoms. The highest BCUT2D eigenvalue weighted by molar-refractivity contribution is 7.93. The molecule has 2 heterocycles. The van der Waals surface area contributed by atoms with Crippen LogP contribution in [0.2, 0.25) is 0 Å². The second-order valence-electron chi connectivity index (χ2n) is 5.86. The quantitative estimate of drug-likeness (QED) is 0.601. The lowest BCUT2D eigenvalue weighted by atomic mass is 10.2. The van der Waals surface area contributed by atoms with Crippen LogP contribution in [0.4, 0.5) is 5.82 Å². The van der Waals surface area contributed by atoms with Crippen LogP contribution in [-0.4, -0.2) is 23.2 Å². The smallest absolute Gasteiger partial charge is 0.263 e. The fourth-order valence-electron chi connectivity index (χ4n) is 2.82. The number of hydrogen-bond acceptors (Lipinski definition) is 4. The van der Waals surface area contributed by atoms with Gasteiger partial charge in [0.05, 0.1) is 16.9 Å². The van der Waals surface area contributed by atoms with Crippen molar-refractivity contribution in [2.75, 3.05) is 4.72 Å². The summed E-state index contributed by atoms with van der Waals surface area (Å²) in [6, 6.07) is 19.8. The number of hydrogen-bond donors (Lipinski definition) is 1. The Labute approximate surface area is 151 Å². The number of para-hydroxylation sites is 2. The van der Waals surface area contributed by atoms with Crippen molar-refractivity contribution in [3.05, 3.63) is 78.6 Å². The molecule has 2 aromatic carbocycles. The molecule has 0 saturated heterocycles. The van der Waals surface area contributed by atoms with Crippen molar-refractivity contribution in [1.29, 1.82) is 0 Å². The largest absolute Gasteiger partial charge is 0.265 e. The Kier molecular flexibility index (Phi) is 3.93. The zero-order valence-corrected chi connectivity index (χ0v) is 14.8. The second-order valence-corrected chi connectivity index (χ2v) is 7.51. The molecule has 0 aliphatic carbocycles. The Morgan fingerprint density at radius 3 is 2.54 bits per heavy atom. The number of sulfonamides is 1. The topological polar surface area (TPSA) is 76.9 Å². The highest BCUT2D eigenvalue weighted by atomic mass is 32.2. The predicted octanol–water partition coefficient (Wildman–Crippen LogP) is 3.53. The van der Waals surface area contributed by atoms with Gasteiger partial charge in [-0.3, -0.25) is 9.71 Å². The molecule has 0 fully saturated rings. The number of rotatable bonds is 4. The Morgan fingerprint density at radius 1 is 0.962 bits per heavy atom. The molecule has 2 aromatic heterocycles. The number of anilines is 1. The summed E-state index contributed by atoms with van der Waals surface area (Å²) >= 11 is 0. The van der Waals surface area contributed by atoms with Gasteiger partial charge in [0.1, 0.15) is 10.7 Å². The first-order chi connectivity index (χ1) is 12.5. The van der Waals surface area contributed by atoms with Crippen LogP contribution in [0.25, 0.3) is 16.6 Å². The third-order valence-corrected chi connectivity index (χ3v) is 5.34. The fourth-order valence-corrected chi connectivity index (χ4v) is 4.04. The van der Waals surface area contributed by atoms with Crippen LogP contribution in [-0.2, 0) is 10.0 Å². The van der Waals surface area contributed by atoms with Gasteiger partial charge in [0, 0.05) is 17.6 Å². The standard InChI is InChI=1S/C19H16N4O2S/c1-14-13-18(23(21-14)16-9-3-2-4-10-16)22-26(24,25)17-11-5-7-15-8-6-12-20-19(15)17/h2-13,22H,1H3. The molecular weight excluding hydrogens is 348 g/mol. The van der Waals surface area contributed by atoms with Gasteiger partial charge in [-0.15, -0.1) is 0 Å². The van der Waals surface area contributed by atoms with E-state index in [0.29, 0.717) is 17.0 Å². The van der Waals surface area contributed by atoms with Crippen LogP contribution < -0.4 is 4.72 Å². The van der Waals surface area contributed by atoms with Crippen LogP contribution in [0.1, 0.15) is 5.69 Å². The summed E-state index contributed by atoms with van der Waals surface area (Å²) in [5.41, 5.74) is 1.92. The summed E-state index contributed by atoms with van der Waals surface area (Å²) in [4.78, 5) is 4.37. The molecule has 0 amide bonds. The normalized spacial score (nSPS) is 11.6. The molecule has 4 rings (SSSR count). The molecular formula is C19H16N4O2S. The Hall–Kier alpha value is -3.19. The fraction of sp³-hybridized carbons (Fsp3) is 0.0526. The monoisotopic (exact) mass is 364 g/mol. The summed E-state index contributed by atoms with van der Waals surface area (Å²) in [5, 5.41) is 5.16. The van der Waals surface area contributed by atoms with E-state index < -0.39 is 10.0 Å². The molecule has 6 nitrogen and oxygen atoms in total. The van der Waals surface area contributed by atoms with Crippen LogP contribution >= 0.6 is 0 Å². The van der Waals surface area contributed by atoms with Crippen molar-refractivity contribution >= 4 is 26.7 Å². The molecule has 4 aromatic rings. The number of aromatic nitrogens is 3. The zero-order valence-electron chi connectivity index (χ0n) is 14.0. The maximum Gasteiger partial charge on any atom is 0.265 e. The highest BCUT2D eigenvalue weighted by Gasteiger charge is 2.21. The number of aryl methyl sites for hydroxylation is 1. The average Bonchev–Trinajstić information content (AvgIpc) is 3.01. The minimum absolute atomic E-state index is 0.133. The summed E-state index contributed by atoms with van der Waals surface area (Å²) in [6.07, 6.45) is 1.58. The summed E-state index contributed by atoms with van der Waals surface area (Å²) in [6.45, 7) is 1.82. The number of nitrogens with one attached hydrogen (secondary N) is 1. The number of benzene rings is 2.